The summed E-state index contributed by atoms with van der Waals surface area (Å²) in [5, 5.41) is 18.2. The Morgan fingerprint density at radius 3 is 2.71 bits per heavy atom. The van der Waals surface area contributed by atoms with Gasteiger partial charge >= 0.3 is 5.69 Å². The lowest BCUT2D eigenvalue weighted by atomic mass is 9.73. The third kappa shape index (κ3) is 5.61. The molecule has 1 N–H and O–H groups in total. The van der Waals surface area contributed by atoms with E-state index in [1.807, 2.05) is 13.8 Å². The molecule has 0 bridgehead atoms. The number of aliphatic hydroxyl groups is 1. The van der Waals surface area contributed by atoms with Crippen LogP contribution in [0.3, 0.4) is 0 Å². The Kier molecular flexibility index (Phi) is 8.55. The van der Waals surface area contributed by atoms with Crippen molar-refractivity contribution in [1.82, 2.24) is 9.55 Å². The molecule has 1 aromatic heterocycles. The number of nitrogens with zero attached hydrogens (tertiary/aromatic N) is 3. The van der Waals surface area contributed by atoms with Gasteiger partial charge in [-0.15, -0.1) is 9.24 Å². The second kappa shape index (κ2) is 10.3. The fourth-order valence-corrected chi connectivity index (χ4v) is 4.20. The standard InChI is InChI=1S/C23H36N3O4P/c1-6-22(3,4)23(5,31)19(28)9-7-8-15(2)18-10-11-26(21(29)25-18)20-16(13-24)12-17(14-27)30-20/h10-11,15-17,20,27H,6-9,12,14,31H2,1-5H3. The summed E-state index contributed by atoms with van der Waals surface area (Å²) >= 11 is 0. The fraction of sp³-hybridized carbons (Fsp3) is 0.739. The molecule has 0 saturated carbocycles. The zero-order valence-electron chi connectivity index (χ0n) is 19.3. The van der Waals surface area contributed by atoms with Crippen LogP contribution in [-0.2, 0) is 9.53 Å². The number of ether oxygens (including phenoxy) is 1. The van der Waals surface area contributed by atoms with Gasteiger partial charge in [0, 0.05) is 17.8 Å². The van der Waals surface area contributed by atoms with Gasteiger partial charge in [0.1, 0.15) is 5.78 Å². The molecule has 1 fully saturated rings. The maximum atomic E-state index is 12.8. The predicted molar refractivity (Wildman–Crippen MR) is 123 cm³/mol. The predicted octanol–water partition coefficient (Wildman–Crippen LogP) is 3.58. The van der Waals surface area contributed by atoms with Gasteiger partial charge in [0.05, 0.1) is 30.4 Å². The van der Waals surface area contributed by atoms with Gasteiger partial charge in [0.2, 0.25) is 0 Å². The highest BCUT2D eigenvalue weighted by Gasteiger charge is 2.41. The minimum absolute atomic E-state index is 0.0338. The van der Waals surface area contributed by atoms with Crippen LogP contribution < -0.4 is 5.69 Å². The van der Waals surface area contributed by atoms with Crippen LogP contribution in [0.5, 0.6) is 0 Å². The lowest BCUT2D eigenvalue weighted by Gasteiger charge is -2.39. The van der Waals surface area contributed by atoms with Crippen molar-refractivity contribution >= 4 is 15.0 Å². The molecule has 8 heteroatoms. The van der Waals surface area contributed by atoms with E-state index in [-0.39, 0.29) is 23.7 Å². The van der Waals surface area contributed by atoms with Gasteiger partial charge < -0.3 is 9.84 Å². The Morgan fingerprint density at radius 2 is 2.16 bits per heavy atom. The maximum Gasteiger partial charge on any atom is 0.349 e. The molecule has 0 aromatic carbocycles. The SMILES string of the molecule is CCC(C)(C)C(C)(P)C(=O)CCCC(C)c1ccn(C2OC(CO)CC2C#N)c(=O)n1. The second-order valence-electron chi connectivity index (χ2n) is 9.50. The smallest absolute Gasteiger partial charge is 0.349 e. The summed E-state index contributed by atoms with van der Waals surface area (Å²) in [6.45, 7) is 10.1. The first-order chi connectivity index (χ1) is 14.5. The van der Waals surface area contributed by atoms with Crippen LogP contribution in [0.2, 0.25) is 0 Å². The minimum Gasteiger partial charge on any atom is -0.394 e. The number of hydrogen-bond acceptors (Lipinski definition) is 6. The zero-order chi connectivity index (χ0) is 23.4. The third-order valence-electron chi connectivity index (χ3n) is 7.10. The van der Waals surface area contributed by atoms with Crippen molar-refractivity contribution in [3.63, 3.8) is 0 Å². The number of ketones is 1. The number of aliphatic hydroxyl groups excluding tert-OH is 1. The van der Waals surface area contributed by atoms with Crippen molar-refractivity contribution < 1.29 is 14.6 Å². The summed E-state index contributed by atoms with van der Waals surface area (Å²) in [6.07, 6.45) is 3.73. The first kappa shape index (κ1) is 25.6. The maximum absolute atomic E-state index is 12.8. The van der Waals surface area contributed by atoms with Crippen molar-refractivity contribution in [2.24, 2.45) is 11.3 Å². The van der Waals surface area contributed by atoms with Gasteiger partial charge in [0.15, 0.2) is 6.23 Å². The Hall–Kier alpha value is -1.61. The molecule has 0 spiro atoms. The normalized spacial score (nSPS) is 24.4. The van der Waals surface area contributed by atoms with E-state index in [0.29, 0.717) is 18.5 Å². The first-order valence-corrected chi connectivity index (χ1v) is 11.6. The molecule has 6 unspecified atom stereocenters. The molecule has 7 nitrogen and oxygen atoms in total. The van der Waals surface area contributed by atoms with Gasteiger partial charge in [-0.2, -0.15) is 10.2 Å². The van der Waals surface area contributed by atoms with Crippen molar-refractivity contribution in [1.29, 1.82) is 5.26 Å². The van der Waals surface area contributed by atoms with Crippen LogP contribution in [0.4, 0.5) is 0 Å². The highest BCUT2D eigenvalue weighted by molar-refractivity contribution is 7.21. The number of carbonyl (C=O) groups excluding carboxylic acids is 1. The zero-order valence-corrected chi connectivity index (χ0v) is 20.5. The summed E-state index contributed by atoms with van der Waals surface area (Å²) in [5.41, 5.74) is 0.110. The van der Waals surface area contributed by atoms with Crippen LogP contribution in [0.15, 0.2) is 17.1 Å². The van der Waals surface area contributed by atoms with Crippen LogP contribution in [0.1, 0.15) is 84.6 Å². The molecular weight excluding hydrogens is 413 g/mol. The first-order valence-electron chi connectivity index (χ1n) is 11.1. The quantitative estimate of drug-likeness (QED) is 0.548. The highest BCUT2D eigenvalue weighted by atomic mass is 31.0. The van der Waals surface area contributed by atoms with E-state index in [9.17, 15) is 20.0 Å². The van der Waals surface area contributed by atoms with Crippen LogP contribution in [0.25, 0.3) is 0 Å². The molecule has 1 aliphatic rings. The number of hydrogen-bond donors (Lipinski definition) is 1. The Morgan fingerprint density at radius 1 is 1.48 bits per heavy atom. The molecule has 1 aromatic rings. The van der Waals surface area contributed by atoms with Crippen LogP contribution in [0, 0.1) is 22.7 Å². The topological polar surface area (TPSA) is 105 Å². The number of aromatic nitrogens is 2. The number of carbonyl (C=O) groups is 1. The molecule has 1 aliphatic heterocycles. The molecule has 2 rings (SSSR count). The van der Waals surface area contributed by atoms with Crippen LogP contribution >= 0.6 is 9.24 Å². The lowest BCUT2D eigenvalue weighted by molar-refractivity contribution is -0.123. The van der Waals surface area contributed by atoms with Gasteiger partial charge in [0.25, 0.3) is 0 Å². The fourth-order valence-electron chi connectivity index (χ4n) is 3.86. The van der Waals surface area contributed by atoms with E-state index in [2.05, 4.69) is 41.1 Å². The summed E-state index contributed by atoms with van der Waals surface area (Å²) in [5.74, 6) is -0.231. The summed E-state index contributed by atoms with van der Waals surface area (Å²) in [6, 6.07) is 3.93. The third-order valence-corrected chi connectivity index (χ3v) is 8.21. The van der Waals surface area contributed by atoms with E-state index in [0.717, 1.165) is 19.3 Å². The average Bonchev–Trinajstić information content (AvgIpc) is 3.16. The van der Waals surface area contributed by atoms with Gasteiger partial charge in [-0.25, -0.2) is 4.79 Å². The van der Waals surface area contributed by atoms with E-state index in [1.165, 1.54) is 4.57 Å². The number of rotatable bonds is 10. The minimum atomic E-state index is -0.731. The van der Waals surface area contributed by atoms with E-state index < -0.39 is 29.1 Å². The van der Waals surface area contributed by atoms with E-state index in [4.69, 9.17) is 4.74 Å². The van der Waals surface area contributed by atoms with Crippen molar-refractivity contribution in [3.8, 4) is 6.07 Å². The van der Waals surface area contributed by atoms with Crippen molar-refractivity contribution in [3.05, 3.63) is 28.4 Å². The van der Waals surface area contributed by atoms with E-state index >= 15 is 0 Å². The molecular formula is C23H36N3O4P. The van der Waals surface area contributed by atoms with E-state index in [1.54, 1.807) is 12.3 Å². The van der Waals surface area contributed by atoms with Gasteiger partial charge in [-0.3, -0.25) is 9.36 Å². The molecule has 172 valence electrons. The molecule has 1 saturated heterocycles. The molecule has 0 radical (unpaired) electrons. The van der Waals surface area contributed by atoms with Gasteiger partial charge in [-0.05, 0) is 50.0 Å². The number of nitriles is 1. The molecule has 2 heterocycles. The van der Waals surface area contributed by atoms with Gasteiger partial charge in [-0.1, -0.05) is 27.7 Å². The highest BCUT2D eigenvalue weighted by Crippen LogP contribution is 2.43. The Bertz CT molecular complexity index is 874. The second-order valence-corrected chi connectivity index (χ2v) is 10.7. The number of Topliss-reactive ketones (excluding diaryl/α,β-unsaturated/α-hetero) is 1. The Labute approximate surface area is 187 Å². The van der Waals surface area contributed by atoms with Crippen molar-refractivity contribution in [2.45, 2.75) is 90.1 Å². The summed E-state index contributed by atoms with van der Waals surface area (Å²) in [4.78, 5) is 29.6. The summed E-state index contributed by atoms with van der Waals surface area (Å²) < 4.78 is 6.98. The molecule has 0 amide bonds. The van der Waals surface area contributed by atoms with Crippen molar-refractivity contribution in [2.75, 3.05) is 6.61 Å². The largest absolute Gasteiger partial charge is 0.394 e. The monoisotopic (exact) mass is 449 g/mol. The molecule has 31 heavy (non-hydrogen) atoms. The average molecular weight is 450 g/mol. The van der Waals surface area contributed by atoms with Crippen LogP contribution in [-0.4, -0.2) is 38.3 Å². The lowest BCUT2D eigenvalue weighted by Crippen LogP contribution is -2.43. The molecule has 6 atom stereocenters. The Balaban J connectivity index is 2.00. The summed E-state index contributed by atoms with van der Waals surface area (Å²) in [7, 11) is 2.75. The molecule has 0 aliphatic carbocycles.